The molecule has 0 fully saturated rings. The lowest BCUT2D eigenvalue weighted by Crippen LogP contribution is -2.57. The molecule has 2 N–H and O–H groups in total. The van der Waals surface area contributed by atoms with Crippen LogP contribution in [-0.2, 0) is 4.74 Å². The fourth-order valence-electron chi connectivity index (χ4n) is 1.78. The first-order chi connectivity index (χ1) is 7.56. The molecule has 0 radical (unpaired) electrons. The van der Waals surface area contributed by atoms with Gasteiger partial charge in [-0.2, -0.15) is 0 Å². The summed E-state index contributed by atoms with van der Waals surface area (Å²) >= 11 is 0. The van der Waals surface area contributed by atoms with Gasteiger partial charge in [0.25, 0.3) is 0 Å². The predicted molar refractivity (Wildman–Crippen MR) is 68.8 cm³/mol. The van der Waals surface area contributed by atoms with Crippen molar-refractivity contribution in [3.05, 3.63) is 30.3 Å². The van der Waals surface area contributed by atoms with Crippen molar-refractivity contribution >= 4 is 5.69 Å². The molecule has 3 nitrogen and oxygen atoms in total. The third kappa shape index (κ3) is 2.36. The largest absolute Gasteiger partial charge is 0.379 e. The Labute approximate surface area is 98.2 Å². The summed E-state index contributed by atoms with van der Waals surface area (Å²) in [7, 11) is 3.77. The quantitative estimate of drug-likeness (QED) is 0.826. The number of hydrogen-bond acceptors (Lipinski definition) is 3. The lowest BCUT2D eigenvalue weighted by Gasteiger charge is -2.43. The molecule has 2 unspecified atom stereocenters. The fourth-order valence-corrected chi connectivity index (χ4v) is 1.78. The van der Waals surface area contributed by atoms with E-state index in [0.717, 1.165) is 5.69 Å². The van der Waals surface area contributed by atoms with Crippen LogP contribution in [0.15, 0.2) is 30.3 Å². The maximum absolute atomic E-state index is 5.90. The second-order valence-corrected chi connectivity index (χ2v) is 4.33. The van der Waals surface area contributed by atoms with Crippen molar-refractivity contribution in [1.82, 2.24) is 0 Å². The van der Waals surface area contributed by atoms with Gasteiger partial charge in [-0.25, -0.2) is 0 Å². The first-order valence-electron chi connectivity index (χ1n) is 5.58. The average Bonchev–Trinajstić information content (AvgIpc) is 2.36. The Kier molecular flexibility index (Phi) is 4.33. The molecule has 0 amide bonds. The van der Waals surface area contributed by atoms with Gasteiger partial charge in [-0.1, -0.05) is 18.2 Å². The summed E-state index contributed by atoms with van der Waals surface area (Å²) < 4.78 is 5.43. The number of anilines is 1. The second-order valence-electron chi connectivity index (χ2n) is 4.33. The van der Waals surface area contributed by atoms with E-state index in [0.29, 0.717) is 6.54 Å². The number of hydrogen-bond donors (Lipinski definition) is 1. The van der Waals surface area contributed by atoms with Gasteiger partial charge in [0.15, 0.2) is 0 Å². The van der Waals surface area contributed by atoms with Crippen molar-refractivity contribution in [2.45, 2.75) is 25.5 Å². The molecule has 0 aromatic heterocycles. The van der Waals surface area contributed by atoms with Crippen LogP contribution in [0.4, 0.5) is 5.69 Å². The summed E-state index contributed by atoms with van der Waals surface area (Å²) in [6.07, 6.45) is 0.0720. The number of nitrogens with zero attached hydrogens (tertiary/aromatic N) is 1. The SMILES string of the molecule is COC(C)C(C)(CN)N(C)c1ccccc1. The van der Waals surface area contributed by atoms with Crippen LogP contribution in [0.3, 0.4) is 0 Å². The zero-order valence-corrected chi connectivity index (χ0v) is 10.6. The Morgan fingerprint density at radius 2 is 1.94 bits per heavy atom. The van der Waals surface area contributed by atoms with E-state index in [1.54, 1.807) is 7.11 Å². The molecule has 0 saturated heterocycles. The molecule has 0 heterocycles. The van der Waals surface area contributed by atoms with Gasteiger partial charge in [0.05, 0.1) is 11.6 Å². The molecular weight excluding hydrogens is 200 g/mol. The summed E-state index contributed by atoms with van der Waals surface area (Å²) in [4.78, 5) is 2.18. The topological polar surface area (TPSA) is 38.5 Å². The van der Waals surface area contributed by atoms with E-state index in [4.69, 9.17) is 10.5 Å². The molecule has 16 heavy (non-hydrogen) atoms. The minimum absolute atomic E-state index is 0.0720. The Morgan fingerprint density at radius 3 is 2.38 bits per heavy atom. The number of methoxy groups -OCH3 is 1. The van der Waals surface area contributed by atoms with Gasteiger partial charge in [-0.05, 0) is 26.0 Å². The van der Waals surface area contributed by atoms with Crippen molar-refractivity contribution < 1.29 is 4.74 Å². The smallest absolute Gasteiger partial charge is 0.0784 e. The standard InChI is InChI=1S/C13H22N2O/c1-11(16-4)13(2,10-14)15(3)12-8-6-5-7-9-12/h5-9,11H,10,14H2,1-4H3. The highest BCUT2D eigenvalue weighted by Crippen LogP contribution is 2.25. The summed E-state index contributed by atoms with van der Waals surface area (Å²) in [5.74, 6) is 0. The molecule has 1 rings (SSSR count). The lowest BCUT2D eigenvalue weighted by atomic mass is 9.93. The van der Waals surface area contributed by atoms with Crippen LogP contribution in [-0.4, -0.2) is 32.3 Å². The minimum atomic E-state index is -0.198. The molecule has 0 aliphatic carbocycles. The van der Waals surface area contributed by atoms with Crippen LogP contribution in [0, 0.1) is 0 Å². The highest BCUT2D eigenvalue weighted by Gasteiger charge is 2.34. The fraction of sp³-hybridized carbons (Fsp3) is 0.538. The second kappa shape index (κ2) is 5.32. The summed E-state index contributed by atoms with van der Waals surface area (Å²) in [6, 6.07) is 10.2. The van der Waals surface area contributed by atoms with Gasteiger partial charge in [-0.3, -0.25) is 0 Å². The molecule has 0 bridgehead atoms. The number of benzene rings is 1. The Bertz CT molecular complexity index is 315. The van der Waals surface area contributed by atoms with Crippen LogP contribution in [0.5, 0.6) is 0 Å². The van der Waals surface area contributed by atoms with E-state index >= 15 is 0 Å². The number of para-hydroxylation sites is 1. The number of likely N-dealkylation sites (N-methyl/N-ethyl adjacent to an activating group) is 1. The maximum Gasteiger partial charge on any atom is 0.0784 e. The van der Waals surface area contributed by atoms with Gasteiger partial charge < -0.3 is 15.4 Å². The zero-order chi connectivity index (χ0) is 12.2. The highest BCUT2D eigenvalue weighted by molar-refractivity contribution is 5.48. The summed E-state index contributed by atoms with van der Waals surface area (Å²) in [5, 5.41) is 0. The predicted octanol–water partition coefficient (Wildman–Crippen LogP) is 1.88. The summed E-state index contributed by atoms with van der Waals surface area (Å²) in [5.41, 5.74) is 6.85. The van der Waals surface area contributed by atoms with Gasteiger partial charge in [0, 0.05) is 26.4 Å². The molecule has 2 atom stereocenters. The third-order valence-electron chi connectivity index (χ3n) is 3.55. The molecule has 0 saturated carbocycles. The molecule has 3 heteroatoms. The Balaban J connectivity index is 2.97. The van der Waals surface area contributed by atoms with Crippen LogP contribution in [0.1, 0.15) is 13.8 Å². The molecule has 1 aromatic carbocycles. The zero-order valence-electron chi connectivity index (χ0n) is 10.6. The van der Waals surface area contributed by atoms with Crippen molar-refractivity contribution in [1.29, 1.82) is 0 Å². The third-order valence-corrected chi connectivity index (χ3v) is 3.55. The normalized spacial score (nSPS) is 16.6. The van der Waals surface area contributed by atoms with Crippen LogP contribution >= 0.6 is 0 Å². The highest BCUT2D eigenvalue weighted by atomic mass is 16.5. The molecule has 1 aromatic rings. The first kappa shape index (κ1) is 13.0. The number of nitrogens with two attached hydrogens (primary N) is 1. The lowest BCUT2D eigenvalue weighted by molar-refractivity contribution is 0.0579. The van der Waals surface area contributed by atoms with Crippen molar-refractivity contribution in [3.8, 4) is 0 Å². The maximum atomic E-state index is 5.90. The molecule has 0 aliphatic rings. The van der Waals surface area contributed by atoms with Gasteiger partial charge in [0.2, 0.25) is 0 Å². The van der Waals surface area contributed by atoms with Crippen molar-refractivity contribution in [3.63, 3.8) is 0 Å². The van der Waals surface area contributed by atoms with E-state index in [1.165, 1.54) is 0 Å². The van der Waals surface area contributed by atoms with Crippen LogP contribution in [0.25, 0.3) is 0 Å². The molecule has 90 valence electrons. The number of ether oxygens (including phenoxy) is 1. The van der Waals surface area contributed by atoms with E-state index in [-0.39, 0.29) is 11.6 Å². The van der Waals surface area contributed by atoms with Crippen LogP contribution < -0.4 is 10.6 Å². The van der Waals surface area contributed by atoms with Crippen molar-refractivity contribution in [2.75, 3.05) is 25.6 Å². The van der Waals surface area contributed by atoms with E-state index in [9.17, 15) is 0 Å². The van der Waals surface area contributed by atoms with Crippen LogP contribution in [0.2, 0.25) is 0 Å². The van der Waals surface area contributed by atoms with E-state index in [1.807, 2.05) is 25.1 Å². The first-order valence-corrected chi connectivity index (χ1v) is 5.58. The van der Waals surface area contributed by atoms with Gasteiger partial charge >= 0.3 is 0 Å². The minimum Gasteiger partial charge on any atom is -0.379 e. The summed E-state index contributed by atoms with van der Waals surface area (Å²) in [6.45, 7) is 4.72. The van der Waals surface area contributed by atoms with E-state index in [2.05, 4.69) is 31.0 Å². The molecule has 0 spiro atoms. The Morgan fingerprint density at radius 1 is 1.38 bits per heavy atom. The van der Waals surface area contributed by atoms with Gasteiger partial charge in [-0.15, -0.1) is 0 Å². The van der Waals surface area contributed by atoms with E-state index < -0.39 is 0 Å². The van der Waals surface area contributed by atoms with Gasteiger partial charge in [0.1, 0.15) is 0 Å². The molecule has 0 aliphatic heterocycles. The molecular formula is C13H22N2O. The Hall–Kier alpha value is -1.06. The average molecular weight is 222 g/mol. The number of rotatable bonds is 5. The monoisotopic (exact) mass is 222 g/mol. The van der Waals surface area contributed by atoms with Crippen molar-refractivity contribution in [2.24, 2.45) is 5.73 Å².